The Morgan fingerprint density at radius 2 is 1.77 bits per heavy atom. The van der Waals surface area contributed by atoms with Crippen LogP contribution in [0.2, 0.25) is 0 Å². The highest BCUT2D eigenvalue weighted by atomic mass is 16.7. The van der Waals surface area contributed by atoms with Gasteiger partial charge in [0, 0.05) is 63.4 Å². The van der Waals surface area contributed by atoms with Crippen molar-refractivity contribution in [2.75, 3.05) is 33.9 Å². The van der Waals surface area contributed by atoms with Gasteiger partial charge in [0.15, 0.2) is 5.79 Å². The minimum Gasteiger partial charge on any atom is -0.353 e. The van der Waals surface area contributed by atoms with E-state index in [-0.39, 0.29) is 23.7 Å². The Labute approximate surface area is 184 Å². The molecule has 0 radical (unpaired) electrons. The molecular formula is C23H35N3O5. The van der Waals surface area contributed by atoms with Gasteiger partial charge in [-0.3, -0.25) is 19.8 Å². The lowest BCUT2D eigenvalue weighted by atomic mass is 9.98. The van der Waals surface area contributed by atoms with Crippen molar-refractivity contribution in [3.63, 3.8) is 0 Å². The molecule has 2 unspecified atom stereocenters. The lowest BCUT2D eigenvalue weighted by Crippen LogP contribution is -2.53. The fourth-order valence-corrected chi connectivity index (χ4v) is 5.15. The van der Waals surface area contributed by atoms with Crippen LogP contribution in [0.5, 0.6) is 0 Å². The third-order valence-corrected chi connectivity index (χ3v) is 6.89. The van der Waals surface area contributed by atoms with E-state index in [1.165, 1.54) is 25.0 Å². The number of non-ortho nitro benzene ring substituents is 1. The van der Waals surface area contributed by atoms with Crippen LogP contribution >= 0.6 is 0 Å². The molecule has 1 aliphatic carbocycles. The van der Waals surface area contributed by atoms with Gasteiger partial charge in [0.25, 0.3) is 11.6 Å². The maximum absolute atomic E-state index is 13.6. The summed E-state index contributed by atoms with van der Waals surface area (Å²) in [5.41, 5.74) is 0.487. The van der Waals surface area contributed by atoms with E-state index in [2.05, 4.69) is 11.8 Å². The average molecular weight is 434 g/mol. The maximum Gasteiger partial charge on any atom is 0.269 e. The number of ether oxygens (including phenoxy) is 2. The zero-order chi connectivity index (χ0) is 22.4. The third-order valence-electron chi connectivity index (χ3n) is 6.89. The Morgan fingerprint density at radius 1 is 1.16 bits per heavy atom. The molecule has 0 spiro atoms. The number of hydrogen-bond donors (Lipinski definition) is 0. The van der Waals surface area contributed by atoms with Crippen molar-refractivity contribution >= 4 is 11.6 Å². The van der Waals surface area contributed by atoms with E-state index in [1.54, 1.807) is 26.4 Å². The van der Waals surface area contributed by atoms with Gasteiger partial charge in [-0.1, -0.05) is 6.92 Å². The van der Waals surface area contributed by atoms with Crippen LogP contribution in [0.15, 0.2) is 24.3 Å². The molecule has 2 atom stereocenters. The number of benzene rings is 1. The number of nitrogens with zero attached hydrogens (tertiary/aromatic N) is 3. The van der Waals surface area contributed by atoms with Crippen LogP contribution in [0.4, 0.5) is 5.69 Å². The molecular weight excluding hydrogens is 398 g/mol. The summed E-state index contributed by atoms with van der Waals surface area (Å²) in [6.07, 6.45) is 6.44. The van der Waals surface area contributed by atoms with E-state index >= 15 is 0 Å². The van der Waals surface area contributed by atoms with Crippen molar-refractivity contribution < 1.29 is 19.2 Å². The Balaban J connectivity index is 1.90. The molecule has 8 heteroatoms. The third kappa shape index (κ3) is 5.25. The number of nitro groups is 1. The van der Waals surface area contributed by atoms with E-state index in [0.717, 1.165) is 45.2 Å². The van der Waals surface area contributed by atoms with Gasteiger partial charge >= 0.3 is 0 Å². The van der Waals surface area contributed by atoms with Crippen LogP contribution in [0.25, 0.3) is 0 Å². The predicted molar refractivity (Wildman–Crippen MR) is 118 cm³/mol. The van der Waals surface area contributed by atoms with E-state index in [0.29, 0.717) is 12.1 Å². The van der Waals surface area contributed by atoms with Crippen molar-refractivity contribution in [2.24, 2.45) is 0 Å². The van der Waals surface area contributed by atoms with Crippen LogP contribution < -0.4 is 0 Å². The summed E-state index contributed by atoms with van der Waals surface area (Å²) >= 11 is 0. The fraction of sp³-hybridized carbons (Fsp3) is 0.696. The highest BCUT2D eigenvalue weighted by molar-refractivity contribution is 5.94. The van der Waals surface area contributed by atoms with Gasteiger partial charge in [-0.2, -0.15) is 0 Å². The topological polar surface area (TPSA) is 85.2 Å². The summed E-state index contributed by atoms with van der Waals surface area (Å²) in [4.78, 5) is 28.6. The van der Waals surface area contributed by atoms with Gasteiger partial charge < -0.3 is 14.4 Å². The number of amides is 1. The normalized spacial score (nSPS) is 24.0. The number of methoxy groups -OCH3 is 2. The standard InChI is InChI=1S/C23H35N3O5/c1-4-15-25(22(27)18-7-9-19(10-8-18)26(28)29)21-12-14-23(30-2,31-3)13-11-20(21)24-16-5-6-17-24/h7-10,20-21H,4-6,11-17H2,1-3H3. The number of carbonyl (C=O) groups excluding carboxylic acids is 1. The number of rotatable bonds is 8. The second kappa shape index (κ2) is 10.5. The molecule has 3 rings (SSSR count). The van der Waals surface area contributed by atoms with E-state index in [1.807, 2.05) is 4.90 Å². The molecule has 172 valence electrons. The lowest BCUT2D eigenvalue weighted by Gasteiger charge is -2.40. The van der Waals surface area contributed by atoms with Gasteiger partial charge in [-0.05, 0) is 57.3 Å². The second-order valence-corrected chi connectivity index (χ2v) is 8.58. The molecule has 2 aliphatic rings. The van der Waals surface area contributed by atoms with Gasteiger partial charge in [-0.15, -0.1) is 0 Å². The Kier molecular flexibility index (Phi) is 8.02. The largest absolute Gasteiger partial charge is 0.353 e. The van der Waals surface area contributed by atoms with Crippen molar-refractivity contribution in [1.29, 1.82) is 0 Å². The lowest BCUT2D eigenvalue weighted by molar-refractivity contribution is -0.384. The number of hydrogen-bond acceptors (Lipinski definition) is 6. The van der Waals surface area contributed by atoms with Crippen molar-refractivity contribution in [2.45, 2.75) is 69.7 Å². The molecule has 31 heavy (non-hydrogen) atoms. The van der Waals surface area contributed by atoms with Crippen molar-refractivity contribution in [3.05, 3.63) is 39.9 Å². The number of likely N-dealkylation sites (tertiary alicyclic amines) is 1. The molecule has 2 fully saturated rings. The Hall–Kier alpha value is -2.03. The molecule has 1 aromatic rings. The first-order valence-electron chi connectivity index (χ1n) is 11.3. The van der Waals surface area contributed by atoms with E-state index in [4.69, 9.17) is 9.47 Å². The summed E-state index contributed by atoms with van der Waals surface area (Å²) in [5.74, 6) is -0.672. The predicted octanol–water partition coefficient (Wildman–Crippen LogP) is 3.84. The van der Waals surface area contributed by atoms with Crippen LogP contribution in [-0.2, 0) is 9.47 Å². The smallest absolute Gasteiger partial charge is 0.269 e. The van der Waals surface area contributed by atoms with Crippen LogP contribution in [0.3, 0.4) is 0 Å². The van der Waals surface area contributed by atoms with Crippen molar-refractivity contribution in [3.8, 4) is 0 Å². The van der Waals surface area contributed by atoms with Crippen LogP contribution in [-0.4, -0.2) is 72.4 Å². The molecule has 1 heterocycles. The monoisotopic (exact) mass is 433 g/mol. The van der Waals surface area contributed by atoms with Gasteiger partial charge in [0.05, 0.1) is 4.92 Å². The van der Waals surface area contributed by atoms with Crippen LogP contribution in [0.1, 0.15) is 62.2 Å². The number of nitro benzene ring substituents is 1. The minimum atomic E-state index is -0.610. The quantitative estimate of drug-likeness (QED) is 0.268. The second-order valence-electron chi connectivity index (χ2n) is 8.58. The zero-order valence-electron chi connectivity index (χ0n) is 18.9. The average Bonchev–Trinajstić information content (AvgIpc) is 3.25. The fourth-order valence-electron chi connectivity index (χ4n) is 5.15. The molecule has 1 aromatic carbocycles. The van der Waals surface area contributed by atoms with Gasteiger partial charge in [0.2, 0.25) is 0 Å². The molecule has 0 aromatic heterocycles. The SMILES string of the molecule is CCCN(C(=O)c1ccc([N+](=O)[O-])cc1)C1CCC(OC)(OC)CCC1N1CCCC1. The first kappa shape index (κ1) is 23.6. The molecule has 1 aliphatic heterocycles. The first-order chi connectivity index (χ1) is 14.9. The van der Waals surface area contributed by atoms with Gasteiger partial charge in [0.1, 0.15) is 0 Å². The minimum absolute atomic E-state index is 0.00651. The van der Waals surface area contributed by atoms with Crippen LogP contribution in [0, 0.1) is 10.1 Å². The summed E-state index contributed by atoms with van der Waals surface area (Å²) in [6, 6.07) is 6.25. The molecule has 1 amide bonds. The highest BCUT2D eigenvalue weighted by Gasteiger charge is 2.43. The summed E-state index contributed by atoms with van der Waals surface area (Å²) in [7, 11) is 3.39. The van der Waals surface area contributed by atoms with Gasteiger partial charge in [-0.25, -0.2) is 0 Å². The summed E-state index contributed by atoms with van der Waals surface area (Å²) in [5, 5.41) is 11.0. The highest BCUT2D eigenvalue weighted by Crippen LogP contribution is 2.36. The summed E-state index contributed by atoms with van der Waals surface area (Å²) in [6.45, 7) is 4.84. The molecule has 1 saturated heterocycles. The molecule has 8 nitrogen and oxygen atoms in total. The summed E-state index contributed by atoms with van der Waals surface area (Å²) < 4.78 is 11.6. The zero-order valence-corrected chi connectivity index (χ0v) is 18.9. The number of carbonyl (C=O) groups is 1. The first-order valence-corrected chi connectivity index (χ1v) is 11.3. The molecule has 0 N–H and O–H groups in total. The van der Waals surface area contributed by atoms with E-state index in [9.17, 15) is 14.9 Å². The van der Waals surface area contributed by atoms with Crippen molar-refractivity contribution in [1.82, 2.24) is 9.80 Å². The molecule has 1 saturated carbocycles. The van der Waals surface area contributed by atoms with E-state index < -0.39 is 10.7 Å². The maximum atomic E-state index is 13.6. The Morgan fingerprint density at radius 3 is 2.32 bits per heavy atom. The molecule has 0 bridgehead atoms. The Bertz CT molecular complexity index is 744.